The predicted octanol–water partition coefficient (Wildman–Crippen LogP) is 6.06. The van der Waals surface area contributed by atoms with Crippen molar-refractivity contribution in [1.82, 2.24) is 0 Å². The third-order valence-electron chi connectivity index (χ3n) is 3.49. The number of carbonyl (C=O) groups is 1. The van der Waals surface area contributed by atoms with Gasteiger partial charge in [-0.15, -0.1) is 0 Å². The maximum Gasteiger partial charge on any atom is 0.281 e. The van der Waals surface area contributed by atoms with Crippen LogP contribution < -0.4 is 10.1 Å². The fourth-order valence-corrected chi connectivity index (χ4v) is 2.43. The van der Waals surface area contributed by atoms with Crippen LogP contribution in [0.15, 0.2) is 34.8 Å². The number of amides is 1. The molecule has 0 bridgehead atoms. The van der Waals surface area contributed by atoms with Gasteiger partial charge in [0.15, 0.2) is 6.10 Å². The standard InChI is InChI=1S/C17H13BrClF4NO2/c1-8(17(2,22)23)26-14-7-10(18)13(21)6-9(14)16(25)24-15-11(19)4-3-5-12(15)20/h3-8H,1-2H3,(H,24,25). The van der Waals surface area contributed by atoms with Crippen LogP contribution in [0.25, 0.3) is 0 Å². The molecule has 0 radical (unpaired) electrons. The van der Waals surface area contributed by atoms with E-state index in [0.717, 1.165) is 25.1 Å². The van der Waals surface area contributed by atoms with E-state index in [1.807, 2.05) is 0 Å². The van der Waals surface area contributed by atoms with Gasteiger partial charge in [-0.05, 0) is 47.1 Å². The molecule has 1 N–H and O–H groups in total. The summed E-state index contributed by atoms with van der Waals surface area (Å²) in [6.45, 7) is 1.75. The molecule has 1 atom stereocenters. The third kappa shape index (κ3) is 4.67. The smallest absolute Gasteiger partial charge is 0.281 e. The predicted molar refractivity (Wildman–Crippen MR) is 94.2 cm³/mol. The summed E-state index contributed by atoms with van der Waals surface area (Å²) in [7, 11) is 0. The first kappa shape index (κ1) is 20.5. The number of rotatable bonds is 5. The fraction of sp³-hybridized carbons (Fsp3) is 0.235. The van der Waals surface area contributed by atoms with E-state index >= 15 is 0 Å². The minimum Gasteiger partial charge on any atom is -0.484 e. The molecule has 1 unspecified atom stereocenters. The molecule has 140 valence electrons. The lowest BCUT2D eigenvalue weighted by molar-refractivity contribution is -0.0719. The molecule has 0 aromatic heterocycles. The molecule has 0 aliphatic heterocycles. The lowest BCUT2D eigenvalue weighted by Gasteiger charge is -2.22. The third-order valence-corrected chi connectivity index (χ3v) is 4.41. The van der Waals surface area contributed by atoms with Crippen molar-refractivity contribution in [2.75, 3.05) is 5.32 Å². The monoisotopic (exact) mass is 453 g/mol. The number of alkyl halides is 2. The van der Waals surface area contributed by atoms with Crippen molar-refractivity contribution in [3.05, 3.63) is 57.0 Å². The highest BCUT2D eigenvalue weighted by molar-refractivity contribution is 9.10. The maximum atomic E-state index is 13.9. The van der Waals surface area contributed by atoms with E-state index in [1.54, 1.807) is 0 Å². The first-order valence-electron chi connectivity index (χ1n) is 7.29. The Hall–Kier alpha value is -1.80. The van der Waals surface area contributed by atoms with Crippen molar-refractivity contribution in [2.45, 2.75) is 25.9 Å². The molecule has 0 aliphatic rings. The quantitative estimate of drug-likeness (QED) is 0.558. The van der Waals surface area contributed by atoms with Crippen molar-refractivity contribution in [3.8, 4) is 5.75 Å². The Morgan fingerprint density at radius 2 is 1.92 bits per heavy atom. The van der Waals surface area contributed by atoms with Crippen LogP contribution in [0.1, 0.15) is 24.2 Å². The molecule has 3 nitrogen and oxygen atoms in total. The van der Waals surface area contributed by atoms with Crippen LogP contribution in [0.3, 0.4) is 0 Å². The number of carbonyl (C=O) groups excluding carboxylic acids is 1. The SMILES string of the molecule is CC(Oc1cc(Br)c(F)cc1C(=O)Nc1c(F)cccc1Cl)C(C)(F)F. The van der Waals surface area contributed by atoms with Gasteiger partial charge in [-0.2, -0.15) is 0 Å². The van der Waals surface area contributed by atoms with Gasteiger partial charge in [-0.3, -0.25) is 4.79 Å². The Labute approximate surface area is 160 Å². The summed E-state index contributed by atoms with van der Waals surface area (Å²) in [5.74, 6) is -6.09. The largest absolute Gasteiger partial charge is 0.484 e. The van der Waals surface area contributed by atoms with Gasteiger partial charge < -0.3 is 10.1 Å². The van der Waals surface area contributed by atoms with Crippen LogP contribution in [0.5, 0.6) is 5.75 Å². The second kappa shape index (κ2) is 7.84. The van der Waals surface area contributed by atoms with E-state index in [1.165, 1.54) is 12.1 Å². The van der Waals surface area contributed by atoms with Crippen molar-refractivity contribution in [2.24, 2.45) is 0 Å². The Balaban J connectivity index is 2.41. The molecule has 9 heteroatoms. The van der Waals surface area contributed by atoms with Gasteiger partial charge in [0.05, 0.1) is 20.7 Å². The average molecular weight is 455 g/mol. The second-order valence-electron chi connectivity index (χ2n) is 5.53. The molecule has 0 saturated heterocycles. The van der Waals surface area contributed by atoms with E-state index in [0.29, 0.717) is 6.92 Å². The topological polar surface area (TPSA) is 38.3 Å². The summed E-state index contributed by atoms with van der Waals surface area (Å²) >= 11 is 8.74. The number of hydrogen-bond donors (Lipinski definition) is 1. The summed E-state index contributed by atoms with van der Waals surface area (Å²) in [6, 6.07) is 5.60. The first-order chi connectivity index (χ1) is 12.0. The lowest BCUT2D eigenvalue weighted by atomic mass is 10.1. The molecular formula is C17H13BrClF4NO2. The number of hydrogen-bond acceptors (Lipinski definition) is 2. The molecule has 0 spiro atoms. The minimum absolute atomic E-state index is 0.0770. The molecule has 0 heterocycles. The molecular weight excluding hydrogens is 442 g/mol. The minimum atomic E-state index is -3.20. The Kier molecular flexibility index (Phi) is 6.18. The van der Waals surface area contributed by atoms with Gasteiger partial charge >= 0.3 is 0 Å². The Bertz CT molecular complexity index is 822. The van der Waals surface area contributed by atoms with Gasteiger partial charge in [0.1, 0.15) is 17.4 Å². The van der Waals surface area contributed by atoms with Crippen LogP contribution in [-0.2, 0) is 0 Å². The lowest BCUT2D eigenvalue weighted by Crippen LogP contribution is -2.33. The molecule has 2 aromatic carbocycles. The van der Waals surface area contributed by atoms with E-state index in [2.05, 4.69) is 21.2 Å². The Morgan fingerprint density at radius 3 is 2.50 bits per heavy atom. The fourth-order valence-electron chi connectivity index (χ4n) is 1.90. The number of benzene rings is 2. The Morgan fingerprint density at radius 1 is 1.27 bits per heavy atom. The molecule has 26 heavy (non-hydrogen) atoms. The van der Waals surface area contributed by atoms with Crippen molar-refractivity contribution in [1.29, 1.82) is 0 Å². The van der Waals surface area contributed by atoms with Crippen LogP contribution in [0.4, 0.5) is 23.2 Å². The van der Waals surface area contributed by atoms with E-state index in [4.69, 9.17) is 16.3 Å². The number of nitrogens with one attached hydrogen (secondary N) is 1. The summed E-state index contributed by atoms with van der Waals surface area (Å²) in [5.41, 5.74) is -0.705. The second-order valence-corrected chi connectivity index (χ2v) is 6.79. The van der Waals surface area contributed by atoms with Gasteiger partial charge in [0.25, 0.3) is 11.8 Å². The van der Waals surface area contributed by atoms with Gasteiger partial charge in [-0.25, -0.2) is 17.6 Å². The number of ether oxygens (including phenoxy) is 1. The van der Waals surface area contributed by atoms with Gasteiger partial charge in [-0.1, -0.05) is 17.7 Å². The van der Waals surface area contributed by atoms with Crippen LogP contribution >= 0.6 is 27.5 Å². The highest BCUT2D eigenvalue weighted by Gasteiger charge is 2.33. The van der Waals surface area contributed by atoms with E-state index in [9.17, 15) is 22.4 Å². The first-order valence-corrected chi connectivity index (χ1v) is 8.46. The van der Waals surface area contributed by atoms with Crippen LogP contribution in [0, 0.1) is 11.6 Å². The number of anilines is 1. The summed E-state index contributed by atoms with van der Waals surface area (Å²) in [5, 5.41) is 2.12. The van der Waals surface area contributed by atoms with Gasteiger partial charge in [0.2, 0.25) is 0 Å². The molecule has 2 aromatic rings. The zero-order chi connectivity index (χ0) is 19.6. The molecule has 0 aliphatic carbocycles. The average Bonchev–Trinajstić information content (AvgIpc) is 2.53. The summed E-state index contributed by atoms with van der Waals surface area (Å²) in [6.07, 6.45) is -1.59. The number of halogens is 6. The van der Waals surface area contributed by atoms with Crippen molar-refractivity contribution >= 4 is 39.1 Å². The number of para-hydroxylation sites is 1. The molecule has 2 rings (SSSR count). The summed E-state index contributed by atoms with van der Waals surface area (Å²) in [4.78, 5) is 12.4. The normalized spacial score (nSPS) is 12.6. The maximum absolute atomic E-state index is 13.9. The van der Waals surface area contributed by atoms with Crippen LogP contribution in [0.2, 0.25) is 5.02 Å². The molecule has 0 fully saturated rings. The summed E-state index contributed by atoms with van der Waals surface area (Å²) < 4.78 is 59.5. The zero-order valence-electron chi connectivity index (χ0n) is 13.5. The van der Waals surface area contributed by atoms with Crippen molar-refractivity contribution < 1.29 is 27.1 Å². The highest BCUT2D eigenvalue weighted by Crippen LogP contribution is 2.32. The molecule has 1 amide bonds. The van der Waals surface area contributed by atoms with Crippen molar-refractivity contribution in [3.63, 3.8) is 0 Å². The highest BCUT2D eigenvalue weighted by atomic mass is 79.9. The van der Waals surface area contributed by atoms with E-state index in [-0.39, 0.29) is 26.5 Å². The van der Waals surface area contributed by atoms with Crippen LogP contribution in [-0.4, -0.2) is 17.9 Å². The van der Waals surface area contributed by atoms with E-state index < -0.39 is 29.6 Å². The zero-order valence-corrected chi connectivity index (χ0v) is 15.9. The molecule has 0 saturated carbocycles. The van der Waals surface area contributed by atoms with Gasteiger partial charge in [0, 0.05) is 6.92 Å².